The molecule has 0 bridgehead atoms. The number of fused-ring (bicyclic) bond motifs is 1. The van der Waals surface area contributed by atoms with Crippen molar-refractivity contribution in [2.45, 2.75) is 19.4 Å². The number of nitrogens with one attached hydrogen (secondary N) is 1. The van der Waals surface area contributed by atoms with Gasteiger partial charge in [0.1, 0.15) is 5.75 Å². The van der Waals surface area contributed by atoms with Crippen molar-refractivity contribution in [2.24, 2.45) is 0 Å². The molecular formula is C13H19NO2. The van der Waals surface area contributed by atoms with Crippen LogP contribution in [0.4, 0.5) is 0 Å². The molecule has 0 amide bonds. The molecule has 0 aromatic heterocycles. The monoisotopic (exact) mass is 221 g/mol. The maximum absolute atomic E-state index is 5.53. The molecule has 0 saturated carbocycles. The average molecular weight is 221 g/mol. The normalized spacial score (nSPS) is 19.2. The van der Waals surface area contributed by atoms with Gasteiger partial charge in [0.05, 0.1) is 19.3 Å². The lowest BCUT2D eigenvalue weighted by Gasteiger charge is -2.26. The van der Waals surface area contributed by atoms with Gasteiger partial charge in [-0.1, -0.05) is 6.07 Å². The van der Waals surface area contributed by atoms with Gasteiger partial charge >= 0.3 is 0 Å². The summed E-state index contributed by atoms with van der Waals surface area (Å²) in [5.41, 5.74) is 2.73. The zero-order valence-corrected chi connectivity index (χ0v) is 9.95. The SMILES string of the molecule is CCOc1ccc2c(c1)C(COC)NCC2. The molecule has 1 aromatic rings. The van der Waals surface area contributed by atoms with Gasteiger partial charge in [0, 0.05) is 7.11 Å². The molecule has 1 aliphatic rings. The fraction of sp³-hybridized carbons (Fsp3) is 0.538. The van der Waals surface area contributed by atoms with Gasteiger partial charge in [-0.15, -0.1) is 0 Å². The Morgan fingerprint density at radius 3 is 3.06 bits per heavy atom. The van der Waals surface area contributed by atoms with Crippen LogP contribution in [0.2, 0.25) is 0 Å². The topological polar surface area (TPSA) is 30.5 Å². The van der Waals surface area contributed by atoms with Gasteiger partial charge in [-0.05, 0) is 43.1 Å². The van der Waals surface area contributed by atoms with Gasteiger partial charge in [0.25, 0.3) is 0 Å². The summed E-state index contributed by atoms with van der Waals surface area (Å²) in [6, 6.07) is 6.66. The minimum atomic E-state index is 0.300. The van der Waals surface area contributed by atoms with Crippen molar-refractivity contribution in [1.82, 2.24) is 5.32 Å². The van der Waals surface area contributed by atoms with E-state index in [-0.39, 0.29) is 0 Å². The van der Waals surface area contributed by atoms with Gasteiger partial charge in [-0.2, -0.15) is 0 Å². The Balaban J connectivity index is 2.25. The van der Waals surface area contributed by atoms with Crippen LogP contribution < -0.4 is 10.1 Å². The number of benzene rings is 1. The molecule has 1 N–H and O–H groups in total. The molecule has 0 spiro atoms. The first-order chi connectivity index (χ1) is 7.85. The van der Waals surface area contributed by atoms with Crippen molar-refractivity contribution in [1.29, 1.82) is 0 Å². The number of rotatable bonds is 4. The zero-order chi connectivity index (χ0) is 11.4. The molecule has 0 fully saturated rings. The molecule has 0 aliphatic carbocycles. The van der Waals surface area contributed by atoms with Crippen molar-refractivity contribution >= 4 is 0 Å². The molecule has 88 valence electrons. The lowest BCUT2D eigenvalue weighted by molar-refractivity contribution is 0.164. The van der Waals surface area contributed by atoms with E-state index in [9.17, 15) is 0 Å². The zero-order valence-electron chi connectivity index (χ0n) is 9.95. The Morgan fingerprint density at radius 1 is 1.44 bits per heavy atom. The van der Waals surface area contributed by atoms with Crippen molar-refractivity contribution in [3.05, 3.63) is 29.3 Å². The van der Waals surface area contributed by atoms with Gasteiger partial charge in [-0.25, -0.2) is 0 Å². The Labute approximate surface area is 96.8 Å². The van der Waals surface area contributed by atoms with Gasteiger partial charge in [0.2, 0.25) is 0 Å². The lowest BCUT2D eigenvalue weighted by Crippen LogP contribution is -2.32. The summed E-state index contributed by atoms with van der Waals surface area (Å²) < 4.78 is 10.8. The second-order valence-electron chi connectivity index (χ2n) is 4.01. The second kappa shape index (κ2) is 5.32. The van der Waals surface area contributed by atoms with E-state index in [0.717, 1.165) is 18.7 Å². The molecule has 1 unspecified atom stereocenters. The number of ether oxygens (including phenoxy) is 2. The van der Waals surface area contributed by atoms with Crippen LogP contribution in [0.5, 0.6) is 5.75 Å². The lowest BCUT2D eigenvalue weighted by atomic mass is 9.94. The number of hydrogen-bond acceptors (Lipinski definition) is 3. The Morgan fingerprint density at radius 2 is 2.31 bits per heavy atom. The molecule has 16 heavy (non-hydrogen) atoms. The molecule has 1 heterocycles. The predicted octanol–water partition coefficient (Wildman–Crippen LogP) is 1.92. The van der Waals surface area contributed by atoms with E-state index in [1.54, 1.807) is 7.11 Å². The van der Waals surface area contributed by atoms with E-state index in [1.807, 2.05) is 6.92 Å². The summed E-state index contributed by atoms with van der Waals surface area (Å²) in [7, 11) is 1.74. The Bertz CT molecular complexity index is 352. The summed E-state index contributed by atoms with van der Waals surface area (Å²) in [5, 5.41) is 3.46. The van der Waals surface area contributed by atoms with E-state index >= 15 is 0 Å². The molecular weight excluding hydrogens is 202 g/mol. The third kappa shape index (κ3) is 2.36. The molecule has 3 nitrogen and oxygen atoms in total. The molecule has 1 aromatic carbocycles. The second-order valence-corrected chi connectivity index (χ2v) is 4.01. The van der Waals surface area contributed by atoms with Crippen LogP contribution in [0.15, 0.2) is 18.2 Å². The van der Waals surface area contributed by atoms with Crippen LogP contribution >= 0.6 is 0 Å². The summed E-state index contributed by atoms with van der Waals surface area (Å²) >= 11 is 0. The van der Waals surface area contributed by atoms with E-state index in [1.165, 1.54) is 11.1 Å². The van der Waals surface area contributed by atoms with Gasteiger partial charge in [-0.3, -0.25) is 0 Å². The first kappa shape index (κ1) is 11.4. The van der Waals surface area contributed by atoms with Crippen molar-refractivity contribution in [2.75, 3.05) is 26.9 Å². The van der Waals surface area contributed by atoms with Crippen LogP contribution in [0, 0.1) is 0 Å². The van der Waals surface area contributed by atoms with Crippen LogP contribution in [-0.2, 0) is 11.2 Å². The third-order valence-electron chi connectivity index (χ3n) is 2.92. The number of hydrogen-bond donors (Lipinski definition) is 1. The fourth-order valence-corrected chi connectivity index (χ4v) is 2.19. The molecule has 1 atom stereocenters. The molecule has 0 saturated heterocycles. The van der Waals surface area contributed by atoms with Gasteiger partial charge < -0.3 is 14.8 Å². The minimum absolute atomic E-state index is 0.300. The quantitative estimate of drug-likeness (QED) is 0.842. The highest BCUT2D eigenvalue weighted by Gasteiger charge is 2.19. The van der Waals surface area contributed by atoms with Crippen molar-refractivity contribution in [3.63, 3.8) is 0 Å². The Hall–Kier alpha value is -1.06. The highest BCUT2D eigenvalue weighted by Crippen LogP contribution is 2.27. The van der Waals surface area contributed by atoms with Crippen molar-refractivity contribution in [3.8, 4) is 5.75 Å². The predicted molar refractivity (Wildman–Crippen MR) is 63.9 cm³/mol. The van der Waals surface area contributed by atoms with Crippen LogP contribution in [0.3, 0.4) is 0 Å². The van der Waals surface area contributed by atoms with Gasteiger partial charge in [0.15, 0.2) is 0 Å². The summed E-state index contributed by atoms with van der Waals surface area (Å²) in [4.78, 5) is 0. The largest absolute Gasteiger partial charge is 0.494 e. The molecule has 0 radical (unpaired) electrons. The molecule has 2 rings (SSSR count). The van der Waals surface area contributed by atoms with E-state index in [0.29, 0.717) is 19.3 Å². The van der Waals surface area contributed by atoms with Crippen LogP contribution in [-0.4, -0.2) is 26.9 Å². The fourth-order valence-electron chi connectivity index (χ4n) is 2.19. The summed E-state index contributed by atoms with van der Waals surface area (Å²) in [6.45, 7) is 4.45. The maximum atomic E-state index is 5.53. The minimum Gasteiger partial charge on any atom is -0.494 e. The standard InChI is InChI=1S/C13H19NO2/c1-3-16-11-5-4-10-6-7-14-13(9-15-2)12(10)8-11/h4-5,8,13-14H,3,6-7,9H2,1-2H3. The van der Waals surface area contributed by atoms with Crippen LogP contribution in [0.25, 0.3) is 0 Å². The van der Waals surface area contributed by atoms with Crippen molar-refractivity contribution < 1.29 is 9.47 Å². The molecule has 1 aliphatic heterocycles. The molecule has 3 heteroatoms. The van der Waals surface area contributed by atoms with E-state index in [4.69, 9.17) is 9.47 Å². The first-order valence-electron chi connectivity index (χ1n) is 5.83. The average Bonchev–Trinajstić information content (AvgIpc) is 2.31. The maximum Gasteiger partial charge on any atom is 0.119 e. The number of methoxy groups -OCH3 is 1. The highest BCUT2D eigenvalue weighted by atomic mass is 16.5. The highest BCUT2D eigenvalue weighted by molar-refractivity contribution is 5.39. The third-order valence-corrected chi connectivity index (χ3v) is 2.92. The van der Waals surface area contributed by atoms with E-state index < -0.39 is 0 Å². The summed E-state index contributed by atoms with van der Waals surface area (Å²) in [5.74, 6) is 0.950. The summed E-state index contributed by atoms with van der Waals surface area (Å²) in [6.07, 6.45) is 1.09. The Kier molecular flexibility index (Phi) is 3.80. The van der Waals surface area contributed by atoms with Crippen LogP contribution in [0.1, 0.15) is 24.1 Å². The first-order valence-corrected chi connectivity index (χ1v) is 5.83. The smallest absolute Gasteiger partial charge is 0.119 e. The van der Waals surface area contributed by atoms with E-state index in [2.05, 4.69) is 23.5 Å².